The maximum atomic E-state index is 5.82. The van der Waals surface area contributed by atoms with E-state index in [1.807, 2.05) is 12.4 Å². The third-order valence-electron chi connectivity index (χ3n) is 4.76. The molecule has 1 unspecified atom stereocenters. The van der Waals surface area contributed by atoms with Gasteiger partial charge in [-0.25, -0.2) is 4.98 Å². The van der Waals surface area contributed by atoms with Crippen LogP contribution in [0.4, 0.5) is 0 Å². The fourth-order valence-corrected chi connectivity index (χ4v) is 3.39. The zero-order chi connectivity index (χ0) is 13.9. The van der Waals surface area contributed by atoms with E-state index < -0.39 is 0 Å². The molecule has 1 aliphatic rings. The molecule has 4 heteroatoms. The van der Waals surface area contributed by atoms with Gasteiger partial charge < -0.3 is 4.57 Å². The zero-order valence-corrected chi connectivity index (χ0v) is 12.1. The van der Waals surface area contributed by atoms with Gasteiger partial charge >= 0.3 is 0 Å². The maximum Gasteiger partial charge on any atom is 0.0958 e. The molecule has 1 aromatic heterocycles. The van der Waals surface area contributed by atoms with Gasteiger partial charge in [0.25, 0.3) is 0 Å². The van der Waals surface area contributed by atoms with E-state index in [0.29, 0.717) is 12.0 Å². The molecule has 1 heterocycles. The van der Waals surface area contributed by atoms with Crippen LogP contribution in [0.15, 0.2) is 30.6 Å². The van der Waals surface area contributed by atoms with Gasteiger partial charge in [0.15, 0.2) is 0 Å². The van der Waals surface area contributed by atoms with Crippen molar-refractivity contribution in [2.75, 3.05) is 0 Å². The molecule has 0 aliphatic heterocycles. The Morgan fingerprint density at radius 2 is 2.05 bits per heavy atom. The average molecular weight is 272 g/mol. The average Bonchev–Trinajstić information content (AvgIpc) is 2.89. The first-order valence-corrected chi connectivity index (χ1v) is 7.64. The number of fused-ring (bicyclic) bond motifs is 1. The molecular weight excluding hydrogens is 248 g/mol. The van der Waals surface area contributed by atoms with Gasteiger partial charge in [-0.05, 0) is 36.8 Å². The van der Waals surface area contributed by atoms with Gasteiger partial charge in [-0.1, -0.05) is 31.9 Å². The van der Waals surface area contributed by atoms with Crippen molar-refractivity contribution in [3.8, 4) is 0 Å². The Morgan fingerprint density at radius 3 is 2.80 bits per heavy atom. The van der Waals surface area contributed by atoms with Crippen molar-refractivity contribution in [1.82, 2.24) is 15.0 Å². The Kier molecular flexibility index (Phi) is 4.03. The minimum Gasteiger partial charge on any atom is -0.329 e. The number of hydrogen-bond acceptors (Lipinski definition) is 3. The minimum absolute atomic E-state index is 0.333. The highest BCUT2D eigenvalue weighted by molar-refractivity contribution is 5.74. The normalized spacial score (nSPS) is 24.9. The molecule has 0 bridgehead atoms. The van der Waals surface area contributed by atoms with E-state index in [1.54, 1.807) is 0 Å². The van der Waals surface area contributed by atoms with Gasteiger partial charge in [-0.15, -0.1) is 0 Å². The lowest BCUT2D eigenvalue weighted by molar-refractivity contribution is 0.217. The summed E-state index contributed by atoms with van der Waals surface area (Å²) in [7, 11) is 0. The second kappa shape index (κ2) is 5.94. The van der Waals surface area contributed by atoms with Gasteiger partial charge in [0.05, 0.1) is 17.4 Å². The third kappa shape index (κ3) is 2.72. The maximum absolute atomic E-state index is 5.82. The highest BCUT2D eigenvalue weighted by Gasteiger charge is 2.25. The number of nitrogens with one attached hydrogen (secondary N) is 1. The van der Waals surface area contributed by atoms with Crippen molar-refractivity contribution in [3.05, 3.63) is 30.6 Å². The predicted octanol–water partition coefficient (Wildman–Crippen LogP) is 2.69. The Hall–Kier alpha value is -1.39. The molecule has 2 aromatic rings. The van der Waals surface area contributed by atoms with Crippen LogP contribution >= 0.6 is 0 Å². The van der Waals surface area contributed by atoms with E-state index in [-0.39, 0.29) is 0 Å². The highest BCUT2D eigenvalue weighted by Crippen LogP contribution is 2.31. The number of nitrogens with zero attached hydrogens (tertiary/aromatic N) is 2. The van der Waals surface area contributed by atoms with Crippen molar-refractivity contribution >= 4 is 11.0 Å². The molecule has 0 spiro atoms. The van der Waals surface area contributed by atoms with E-state index in [2.05, 4.69) is 40.1 Å². The quantitative estimate of drug-likeness (QED) is 0.664. The van der Waals surface area contributed by atoms with Crippen LogP contribution in [0.2, 0.25) is 0 Å². The molecule has 1 saturated carbocycles. The van der Waals surface area contributed by atoms with Crippen molar-refractivity contribution in [2.24, 2.45) is 17.7 Å². The molecule has 20 heavy (non-hydrogen) atoms. The third-order valence-corrected chi connectivity index (χ3v) is 4.76. The monoisotopic (exact) mass is 272 g/mol. The lowest BCUT2D eigenvalue weighted by Gasteiger charge is -2.32. The number of benzene rings is 1. The summed E-state index contributed by atoms with van der Waals surface area (Å²) >= 11 is 0. The molecule has 108 valence electrons. The van der Waals surface area contributed by atoms with E-state index in [1.165, 1.54) is 31.2 Å². The summed E-state index contributed by atoms with van der Waals surface area (Å²) in [6.07, 6.45) is 7.15. The highest BCUT2D eigenvalue weighted by atomic mass is 15.3. The molecule has 0 amide bonds. The molecule has 1 atom stereocenters. The first-order chi connectivity index (χ1) is 9.78. The molecule has 0 saturated heterocycles. The summed E-state index contributed by atoms with van der Waals surface area (Å²) in [6, 6.07) is 8.60. The summed E-state index contributed by atoms with van der Waals surface area (Å²) < 4.78 is 2.22. The molecule has 1 aromatic carbocycles. The Morgan fingerprint density at radius 1 is 1.30 bits per heavy atom. The van der Waals surface area contributed by atoms with Crippen LogP contribution in [0, 0.1) is 11.8 Å². The van der Waals surface area contributed by atoms with Crippen LogP contribution < -0.4 is 11.3 Å². The molecule has 1 fully saturated rings. The lowest BCUT2D eigenvalue weighted by atomic mass is 9.79. The van der Waals surface area contributed by atoms with Gasteiger partial charge in [0.1, 0.15) is 0 Å². The van der Waals surface area contributed by atoms with Crippen LogP contribution in [0.3, 0.4) is 0 Å². The summed E-state index contributed by atoms with van der Waals surface area (Å²) in [5.74, 6) is 7.37. The number of hydrazine groups is 1. The standard InChI is InChI=1S/C16H24N4/c1-12-6-8-13(9-7-12)15(19-17)10-20-11-18-14-4-2-3-5-16(14)20/h2-5,11-13,15,19H,6-10,17H2,1H3. The fourth-order valence-electron chi connectivity index (χ4n) is 3.39. The molecule has 0 radical (unpaired) electrons. The van der Waals surface area contributed by atoms with Crippen molar-refractivity contribution in [2.45, 2.75) is 45.2 Å². The zero-order valence-electron chi connectivity index (χ0n) is 12.1. The minimum atomic E-state index is 0.333. The second-order valence-corrected chi connectivity index (χ2v) is 6.18. The Balaban J connectivity index is 1.74. The summed E-state index contributed by atoms with van der Waals surface area (Å²) in [5, 5.41) is 0. The first kappa shape index (κ1) is 13.6. The van der Waals surface area contributed by atoms with Crippen LogP contribution in [-0.2, 0) is 6.54 Å². The van der Waals surface area contributed by atoms with E-state index in [4.69, 9.17) is 5.84 Å². The van der Waals surface area contributed by atoms with Crippen LogP contribution in [0.25, 0.3) is 11.0 Å². The molecule has 3 N–H and O–H groups in total. The van der Waals surface area contributed by atoms with Crippen LogP contribution in [0.5, 0.6) is 0 Å². The number of aromatic nitrogens is 2. The first-order valence-electron chi connectivity index (χ1n) is 7.64. The predicted molar refractivity (Wildman–Crippen MR) is 82.0 cm³/mol. The van der Waals surface area contributed by atoms with Crippen LogP contribution in [0.1, 0.15) is 32.6 Å². The topological polar surface area (TPSA) is 55.9 Å². The largest absolute Gasteiger partial charge is 0.329 e. The van der Waals surface area contributed by atoms with Crippen molar-refractivity contribution in [3.63, 3.8) is 0 Å². The SMILES string of the molecule is CC1CCC(C(Cn2cnc3ccccc32)NN)CC1. The summed E-state index contributed by atoms with van der Waals surface area (Å²) in [4.78, 5) is 4.46. The molecule has 4 nitrogen and oxygen atoms in total. The van der Waals surface area contributed by atoms with Gasteiger partial charge in [0.2, 0.25) is 0 Å². The van der Waals surface area contributed by atoms with Gasteiger partial charge in [0, 0.05) is 12.6 Å². The number of nitrogens with two attached hydrogens (primary N) is 1. The summed E-state index contributed by atoms with van der Waals surface area (Å²) in [6.45, 7) is 3.25. The number of imidazole rings is 1. The van der Waals surface area contributed by atoms with Gasteiger partial charge in [-0.3, -0.25) is 11.3 Å². The molecule has 1 aliphatic carbocycles. The van der Waals surface area contributed by atoms with E-state index >= 15 is 0 Å². The van der Waals surface area contributed by atoms with E-state index in [9.17, 15) is 0 Å². The number of rotatable bonds is 4. The van der Waals surface area contributed by atoms with E-state index in [0.717, 1.165) is 18.0 Å². The summed E-state index contributed by atoms with van der Waals surface area (Å²) in [5.41, 5.74) is 5.29. The van der Waals surface area contributed by atoms with Crippen molar-refractivity contribution in [1.29, 1.82) is 0 Å². The van der Waals surface area contributed by atoms with Crippen LogP contribution in [-0.4, -0.2) is 15.6 Å². The second-order valence-electron chi connectivity index (χ2n) is 6.18. The lowest BCUT2D eigenvalue weighted by Crippen LogP contribution is -2.44. The van der Waals surface area contributed by atoms with Gasteiger partial charge in [-0.2, -0.15) is 0 Å². The Bertz CT molecular complexity index is 554. The smallest absolute Gasteiger partial charge is 0.0958 e. The molecule has 3 rings (SSSR count). The van der Waals surface area contributed by atoms with Crippen molar-refractivity contribution < 1.29 is 0 Å². The number of hydrogen-bond donors (Lipinski definition) is 2. The fraction of sp³-hybridized carbons (Fsp3) is 0.562. The number of para-hydroxylation sites is 2. The molecular formula is C16H24N4. The Labute approximate surface area is 120 Å².